The molecule has 0 saturated carbocycles. The first-order chi connectivity index (χ1) is 9.27. The van der Waals surface area contributed by atoms with Gasteiger partial charge in [0.05, 0.1) is 6.04 Å². The summed E-state index contributed by atoms with van der Waals surface area (Å²) in [7, 11) is 1.71. The van der Waals surface area contributed by atoms with Gasteiger partial charge < -0.3 is 11.1 Å². The Morgan fingerprint density at radius 2 is 2.21 bits per heavy atom. The number of benzene rings is 1. The van der Waals surface area contributed by atoms with Crippen LogP contribution in [0.5, 0.6) is 0 Å². The minimum atomic E-state index is -0.0123. The van der Waals surface area contributed by atoms with Gasteiger partial charge in [-0.2, -0.15) is 0 Å². The summed E-state index contributed by atoms with van der Waals surface area (Å²) in [6, 6.07) is 10.6. The zero-order valence-electron chi connectivity index (χ0n) is 11.5. The van der Waals surface area contributed by atoms with Crippen molar-refractivity contribution in [2.45, 2.75) is 31.3 Å². The number of carbonyl (C=O) groups is 1. The van der Waals surface area contributed by atoms with Gasteiger partial charge in [0.25, 0.3) is 0 Å². The highest BCUT2D eigenvalue weighted by atomic mass is 16.2. The van der Waals surface area contributed by atoms with Crippen molar-refractivity contribution in [3.63, 3.8) is 0 Å². The molecule has 0 aromatic heterocycles. The van der Waals surface area contributed by atoms with Gasteiger partial charge in [-0.25, -0.2) is 0 Å². The minimum absolute atomic E-state index is 0.0123. The predicted octanol–water partition coefficient (Wildman–Crippen LogP) is 1.29. The van der Waals surface area contributed by atoms with Crippen LogP contribution < -0.4 is 11.1 Å². The fourth-order valence-electron chi connectivity index (χ4n) is 2.97. The molecule has 0 radical (unpaired) electrons. The van der Waals surface area contributed by atoms with Crippen molar-refractivity contribution in [3.8, 4) is 0 Å². The summed E-state index contributed by atoms with van der Waals surface area (Å²) in [5.41, 5.74) is 7.01. The van der Waals surface area contributed by atoms with Crippen LogP contribution in [0.4, 0.5) is 0 Å². The molecule has 1 heterocycles. The first kappa shape index (κ1) is 14.0. The molecular weight excluding hydrogens is 238 g/mol. The normalized spacial score (nSPS) is 21.3. The Morgan fingerprint density at radius 1 is 1.47 bits per heavy atom. The lowest BCUT2D eigenvalue weighted by Gasteiger charge is -2.32. The largest absolute Gasteiger partial charge is 0.358 e. The number of likely N-dealkylation sites (tertiary alicyclic amines) is 1. The van der Waals surface area contributed by atoms with E-state index in [0.29, 0.717) is 6.54 Å². The second-order valence-corrected chi connectivity index (χ2v) is 5.01. The molecule has 3 N–H and O–H groups in total. The summed E-state index contributed by atoms with van der Waals surface area (Å²) in [5, 5.41) is 2.77. The number of likely N-dealkylation sites (N-methyl/N-ethyl adjacent to an activating group) is 1. The van der Waals surface area contributed by atoms with E-state index in [-0.39, 0.29) is 18.0 Å². The quantitative estimate of drug-likeness (QED) is 0.839. The molecule has 1 aliphatic heterocycles. The molecule has 1 aromatic rings. The molecule has 0 spiro atoms. The van der Waals surface area contributed by atoms with E-state index in [2.05, 4.69) is 22.3 Å². The number of nitrogens with one attached hydrogen (secondary N) is 1. The molecule has 19 heavy (non-hydrogen) atoms. The molecule has 2 atom stereocenters. The maximum absolute atomic E-state index is 12.0. The number of nitrogens with two attached hydrogens (primary N) is 1. The van der Waals surface area contributed by atoms with Gasteiger partial charge in [-0.3, -0.25) is 9.69 Å². The van der Waals surface area contributed by atoms with Crippen LogP contribution in [-0.4, -0.2) is 37.0 Å². The van der Waals surface area contributed by atoms with Gasteiger partial charge in [-0.15, -0.1) is 0 Å². The van der Waals surface area contributed by atoms with Gasteiger partial charge in [0.1, 0.15) is 0 Å². The molecule has 1 fully saturated rings. The first-order valence-electron chi connectivity index (χ1n) is 7.00. The molecule has 1 aromatic carbocycles. The third-order valence-electron chi connectivity index (χ3n) is 3.87. The van der Waals surface area contributed by atoms with E-state index in [9.17, 15) is 4.79 Å². The van der Waals surface area contributed by atoms with Crippen molar-refractivity contribution in [1.82, 2.24) is 10.2 Å². The van der Waals surface area contributed by atoms with E-state index < -0.39 is 0 Å². The van der Waals surface area contributed by atoms with Crippen molar-refractivity contribution in [1.29, 1.82) is 0 Å². The minimum Gasteiger partial charge on any atom is -0.358 e. The summed E-state index contributed by atoms with van der Waals surface area (Å²) in [4.78, 5) is 14.3. The van der Waals surface area contributed by atoms with Crippen LogP contribution in [0.15, 0.2) is 30.3 Å². The Bertz CT molecular complexity index is 407. The van der Waals surface area contributed by atoms with Gasteiger partial charge in [0, 0.05) is 13.1 Å². The highest BCUT2D eigenvalue weighted by Gasteiger charge is 2.35. The highest BCUT2D eigenvalue weighted by molar-refractivity contribution is 5.81. The maximum atomic E-state index is 12.0. The fourth-order valence-corrected chi connectivity index (χ4v) is 2.97. The maximum Gasteiger partial charge on any atom is 0.237 e. The Labute approximate surface area is 115 Å². The number of hydrogen-bond acceptors (Lipinski definition) is 3. The van der Waals surface area contributed by atoms with Crippen molar-refractivity contribution in [3.05, 3.63) is 35.9 Å². The molecule has 2 unspecified atom stereocenters. The second-order valence-electron chi connectivity index (χ2n) is 5.01. The van der Waals surface area contributed by atoms with Gasteiger partial charge in [0.15, 0.2) is 0 Å². The van der Waals surface area contributed by atoms with Crippen LogP contribution in [-0.2, 0) is 4.79 Å². The first-order valence-corrected chi connectivity index (χ1v) is 7.00. The lowest BCUT2D eigenvalue weighted by atomic mass is 10.0. The van der Waals surface area contributed by atoms with Crippen LogP contribution in [0, 0.1) is 0 Å². The van der Waals surface area contributed by atoms with Crippen molar-refractivity contribution < 1.29 is 4.79 Å². The average Bonchev–Trinajstić information content (AvgIpc) is 2.94. The number of hydrogen-bond donors (Lipinski definition) is 2. The molecule has 0 aliphatic carbocycles. The van der Waals surface area contributed by atoms with Crippen molar-refractivity contribution in [2.24, 2.45) is 5.73 Å². The van der Waals surface area contributed by atoms with Gasteiger partial charge in [-0.05, 0) is 37.9 Å². The van der Waals surface area contributed by atoms with Gasteiger partial charge >= 0.3 is 0 Å². The molecule has 2 rings (SSSR count). The van der Waals surface area contributed by atoms with Crippen LogP contribution >= 0.6 is 0 Å². The lowest BCUT2D eigenvalue weighted by molar-refractivity contribution is -0.125. The van der Waals surface area contributed by atoms with Crippen LogP contribution in [0.25, 0.3) is 0 Å². The van der Waals surface area contributed by atoms with E-state index in [1.807, 2.05) is 18.2 Å². The zero-order chi connectivity index (χ0) is 13.7. The summed E-state index contributed by atoms with van der Waals surface area (Å²) >= 11 is 0. The Balaban J connectivity index is 2.21. The summed E-state index contributed by atoms with van der Waals surface area (Å²) in [6.07, 6.45) is 2.90. The van der Waals surface area contributed by atoms with Gasteiger partial charge in [-0.1, -0.05) is 30.3 Å². The number of carbonyl (C=O) groups excluding carboxylic acids is 1. The van der Waals surface area contributed by atoms with E-state index in [1.165, 1.54) is 5.56 Å². The molecule has 4 nitrogen and oxygen atoms in total. The molecule has 1 amide bonds. The number of nitrogens with zero attached hydrogens (tertiary/aromatic N) is 1. The Kier molecular flexibility index (Phi) is 4.93. The standard InChI is InChI=1S/C15H23N3O/c1-17-15(19)14-8-5-11-18(14)13(9-10-16)12-6-3-2-4-7-12/h2-4,6-7,13-14H,5,8-11,16H2,1H3,(H,17,19). The van der Waals surface area contributed by atoms with Crippen LogP contribution in [0.1, 0.15) is 30.9 Å². The molecular formula is C15H23N3O. The number of rotatable bonds is 5. The Hall–Kier alpha value is -1.39. The second kappa shape index (κ2) is 6.68. The average molecular weight is 261 g/mol. The van der Waals surface area contributed by atoms with E-state index >= 15 is 0 Å². The van der Waals surface area contributed by atoms with Crippen molar-refractivity contribution in [2.75, 3.05) is 20.1 Å². The van der Waals surface area contributed by atoms with Crippen LogP contribution in [0.3, 0.4) is 0 Å². The molecule has 0 bridgehead atoms. The predicted molar refractivity (Wildman–Crippen MR) is 76.6 cm³/mol. The summed E-state index contributed by atoms with van der Waals surface area (Å²) < 4.78 is 0. The molecule has 104 valence electrons. The molecule has 1 aliphatic rings. The van der Waals surface area contributed by atoms with Crippen LogP contribution in [0.2, 0.25) is 0 Å². The smallest absolute Gasteiger partial charge is 0.237 e. The van der Waals surface area contributed by atoms with E-state index in [1.54, 1.807) is 7.05 Å². The van der Waals surface area contributed by atoms with E-state index in [4.69, 9.17) is 5.73 Å². The lowest BCUT2D eigenvalue weighted by Crippen LogP contribution is -2.44. The zero-order valence-corrected chi connectivity index (χ0v) is 11.5. The molecule has 1 saturated heterocycles. The summed E-state index contributed by atoms with van der Waals surface area (Å²) in [5.74, 6) is 0.121. The highest BCUT2D eigenvalue weighted by Crippen LogP contribution is 2.31. The van der Waals surface area contributed by atoms with E-state index in [0.717, 1.165) is 25.8 Å². The summed E-state index contributed by atoms with van der Waals surface area (Å²) in [6.45, 7) is 1.61. The number of amides is 1. The monoisotopic (exact) mass is 261 g/mol. The fraction of sp³-hybridized carbons (Fsp3) is 0.533. The topological polar surface area (TPSA) is 58.4 Å². The third-order valence-corrected chi connectivity index (χ3v) is 3.87. The van der Waals surface area contributed by atoms with Gasteiger partial charge in [0.2, 0.25) is 5.91 Å². The van der Waals surface area contributed by atoms with Crippen molar-refractivity contribution >= 4 is 5.91 Å². The SMILES string of the molecule is CNC(=O)C1CCCN1C(CCN)c1ccccc1. The Morgan fingerprint density at radius 3 is 2.84 bits per heavy atom. The third kappa shape index (κ3) is 3.14. The molecule has 4 heteroatoms.